The minimum atomic E-state index is -0.207. The van der Waals surface area contributed by atoms with Crippen LogP contribution in [0.2, 0.25) is 0 Å². The third kappa shape index (κ3) is 4.36. The van der Waals surface area contributed by atoms with Crippen molar-refractivity contribution >= 4 is 12.4 Å². The van der Waals surface area contributed by atoms with Gasteiger partial charge in [0.2, 0.25) is 0 Å². The number of allylic oxidation sites excluding steroid dienone is 4. The third-order valence-electron chi connectivity index (χ3n) is 3.78. The van der Waals surface area contributed by atoms with E-state index in [0.29, 0.717) is 18.4 Å². The molecule has 0 aromatic carbocycles. The van der Waals surface area contributed by atoms with Crippen LogP contribution in [0.4, 0.5) is 4.39 Å². The van der Waals surface area contributed by atoms with Gasteiger partial charge in [0.05, 0.1) is 6.20 Å². The molecule has 0 aromatic heterocycles. The molecule has 1 fully saturated rings. The van der Waals surface area contributed by atoms with Gasteiger partial charge in [0.15, 0.2) is 0 Å². The molecule has 114 valence electrons. The summed E-state index contributed by atoms with van der Waals surface area (Å²) in [6, 6.07) is 0.447. The Hall–Kier alpha value is -1.75. The molecule has 0 bridgehead atoms. The topological polar surface area (TPSA) is 40.0 Å². The monoisotopic (exact) mass is 290 g/mol. The highest BCUT2D eigenvalue weighted by atomic mass is 19.1. The molecule has 2 aliphatic rings. The van der Waals surface area contributed by atoms with Crippen molar-refractivity contribution in [1.82, 2.24) is 10.2 Å². The molecule has 1 aliphatic carbocycles. The van der Waals surface area contributed by atoms with Gasteiger partial charge in [-0.3, -0.25) is 4.99 Å². The van der Waals surface area contributed by atoms with E-state index in [-0.39, 0.29) is 5.83 Å². The molecule has 1 unspecified atom stereocenters. The van der Waals surface area contributed by atoms with Crippen molar-refractivity contribution in [2.75, 3.05) is 19.6 Å². The van der Waals surface area contributed by atoms with Gasteiger partial charge in [-0.15, -0.1) is 0 Å². The zero-order chi connectivity index (χ0) is 15.2. The summed E-state index contributed by atoms with van der Waals surface area (Å²) in [5.74, 6) is 1.14. The zero-order valence-electron chi connectivity index (χ0n) is 12.7. The van der Waals surface area contributed by atoms with Gasteiger partial charge in [-0.05, 0) is 30.9 Å². The summed E-state index contributed by atoms with van der Waals surface area (Å²) in [7, 11) is 0. The van der Waals surface area contributed by atoms with Gasteiger partial charge in [-0.25, -0.2) is 9.38 Å². The Kier molecular flexibility index (Phi) is 5.44. The summed E-state index contributed by atoms with van der Waals surface area (Å²) in [4.78, 5) is 10.7. The Labute approximate surface area is 125 Å². The molecule has 0 spiro atoms. The van der Waals surface area contributed by atoms with Gasteiger partial charge in [0.1, 0.15) is 11.6 Å². The van der Waals surface area contributed by atoms with Crippen molar-refractivity contribution in [1.29, 1.82) is 0 Å². The van der Waals surface area contributed by atoms with Crippen molar-refractivity contribution in [3.05, 3.63) is 36.1 Å². The van der Waals surface area contributed by atoms with Crippen LogP contribution in [0.3, 0.4) is 0 Å². The molecule has 1 saturated heterocycles. The first-order chi connectivity index (χ1) is 10.1. The van der Waals surface area contributed by atoms with Crippen LogP contribution in [-0.2, 0) is 0 Å². The second kappa shape index (κ2) is 7.31. The van der Waals surface area contributed by atoms with E-state index in [9.17, 15) is 4.39 Å². The van der Waals surface area contributed by atoms with Gasteiger partial charge in [0.25, 0.3) is 0 Å². The summed E-state index contributed by atoms with van der Waals surface area (Å²) in [5.41, 5.74) is 0.827. The molecule has 0 radical (unpaired) electrons. The molecule has 2 rings (SSSR count). The smallest absolute Gasteiger partial charge is 0.146 e. The molecule has 5 heteroatoms. The standard InChI is InChI=1S/C16H23FN4/c1-12(2)15-11-21(9-8-19-15)16(18-3)10-20-14-6-4-13(17)5-7-14/h4-6,10,12,15,19H,3,7-9,11H2,1-2H3/b16-10+,20-14?. The molecule has 0 aromatic rings. The fraction of sp³-hybridized carbons (Fsp3) is 0.500. The van der Waals surface area contributed by atoms with Crippen molar-refractivity contribution in [2.24, 2.45) is 15.9 Å². The first-order valence-corrected chi connectivity index (χ1v) is 7.36. The van der Waals surface area contributed by atoms with Crippen LogP contribution in [0, 0.1) is 5.92 Å². The van der Waals surface area contributed by atoms with E-state index in [1.807, 2.05) is 0 Å². The minimum absolute atomic E-state index is 0.207. The fourth-order valence-electron chi connectivity index (χ4n) is 2.41. The van der Waals surface area contributed by atoms with Crippen molar-refractivity contribution in [2.45, 2.75) is 26.3 Å². The number of rotatable bonds is 4. The number of piperazine rings is 1. The maximum Gasteiger partial charge on any atom is 0.146 e. The van der Waals surface area contributed by atoms with Gasteiger partial charge >= 0.3 is 0 Å². The van der Waals surface area contributed by atoms with Gasteiger partial charge < -0.3 is 10.2 Å². The SMILES string of the molecule is C=N/C(=C\N=C1C=CC(F)=CC1)N1CCNC(C(C)C)C1. The summed E-state index contributed by atoms with van der Waals surface area (Å²) in [6.45, 7) is 10.8. The van der Waals surface area contributed by atoms with Crippen LogP contribution >= 0.6 is 0 Å². The number of halogens is 1. The quantitative estimate of drug-likeness (QED) is 0.809. The van der Waals surface area contributed by atoms with Crippen LogP contribution in [0.5, 0.6) is 0 Å². The number of hydrogen-bond acceptors (Lipinski definition) is 4. The van der Waals surface area contributed by atoms with E-state index in [4.69, 9.17) is 0 Å². The Morgan fingerprint density at radius 2 is 2.33 bits per heavy atom. The average Bonchev–Trinajstić information content (AvgIpc) is 2.50. The molecule has 4 nitrogen and oxygen atoms in total. The van der Waals surface area contributed by atoms with Crippen LogP contribution in [0.1, 0.15) is 20.3 Å². The zero-order valence-corrected chi connectivity index (χ0v) is 12.7. The van der Waals surface area contributed by atoms with Crippen molar-refractivity contribution in [3.63, 3.8) is 0 Å². The Morgan fingerprint density at radius 3 is 2.95 bits per heavy atom. The maximum absolute atomic E-state index is 12.9. The molecule has 1 heterocycles. The molecular weight excluding hydrogens is 267 g/mol. The van der Waals surface area contributed by atoms with Crippen LogP contribution in [0.15, 0.2) is 46.1 Å². The van der Waals surface area contributed by atoms with Gasteiger partial charge in [0, 0.05) is 37.8 Å². The molecule has 0 saturated carbocycles. The Balaban J connectivity index is 2.05. The predicted molar refractivity (Wildman–Crippen MR) is 86.2 cm³/mol. The minimum Gasteiger partial charge on any atom is -0.353 e. The second-order valence-corrected chi connectivity index (χ2v) is 5.64. The molecule has 1 N–H and O–H groups in total. The Bertz CT molecular complexity index is 502. The van der Waals surface area contributed by atoms with Crippen molar-refractivity contribution < 1.29 is 4.39 Å². The second-order valence-electron chi connectivity index (χ2n) is 5.64. The molecule has 1 aliphatic heterocycles. The highest BCUT2D eigenvalue weighted by molar-refractivity contribution is 5.97. The lowest BCUT2D eigenvalue weighted by molar-refractivity contribution is 0.212. The molecule has 1 atom stereocenters. The van der Waals surface area contributed by atoms with E-state index in [1.165, 1.54) is 12.2 Å². The highest BCUT2D eigenvalue weighted by Crippen LogP contribution is 2.15. The van der Waals surface area contributed by atoms with E-state index in [1.54, 1.807) is 12.3 Å². The average molecular weight is 290 g/mol. The Morgan fingerprint density at radius 1 is 1.52 bits per heavy atom. The predicted octanol–water partition coefficient (Wildman–Crippen LogP) is 2.67. The fourth-order valence-corrected chi connectivity index (χ4v) is 2.41. The summed E-state index contributed by atoms with van der Waals surface area (Å²) in [5, 5.41) is 3.51. The number of nitrogens with one attached hydrogen (secondary N) is 1. The van der Waals surface area contributed by atoms with E-state index in [2.05, 4.69) is 40.8 Å². The lowest BCUT2D eigenvalue weighted by Gasteiger charge is -2.36. The largest absolute Gasteiger partial charge is 0.353 e. The van der Waals surface area contributed by atoms with Crippen LogP contribution in [0.25, 0.3) is 0 Å². The van der Waals surface area contributed by atoms with Gasteiger partial charge in [-0.2, -0.15) is 0 Å². The van der Waals surface area contributed by atoms with Crippen LogP contribution < -0.4 is 5.32 Å². The summed E-state index contributed by atoms with van der Waals surface area (Å²) >= 11 is 0. The first kappa shape index (κ1) is 15.6. The normalized spacial score (nSPS) is 25.4. The highest BCUT2D eigenvalue weighted by Gasteiger charge is 2.22. The number of aliphatic imine (C=N–C) groups is 2. The molecule has 21 heavy (non-hydrogen) atoms. The lowest BCUT2D eigenvalue weighted by Crippen LogP contribution is -2.52. The lowest BCUT2D eigenvalue weighted by atomic mass is 10.0. The number of nitrogens with zero attached hydrogens (tertiary/aromatic N) is 3. The van der Waals surface area contributed by atoms with Crippen LogP contribution in [-0.4, -0.2) is 43.0 Å². The van der Waals surface area contributed by atoms with E-state index in [0.717, 1.165) is 31.2 Å². The van der Waals surface area contributed by atoms with Crippen molar-refractivity contribution in [3.8, 4) is 0 Å². The maximum atomic E-state index is 12.9. The number of hydrogen-bond donors (Lipinski definition) is 1. The van der Waals surface area contributed by atoms with E-state index >= 15 is 0 Å². The first-order valence-electron chi connectivity index (χ1n) is 7.36. The molecular formula is C16H23FN4. The third-order valence-corrected chi connectivity index (χ3v) is 3.78. The molecule has 0 amide bonds. The van der Waals surface area contributed by atoms with E-state index < -0.39 is 0 Å². The van der Waals surface area contributed by atoms with Gasteiger partial charge in [-0.1, -0.05) is 13.8 Å². The summed E-state index contributed by atoms with van der Waals surface area (Å²) < 4.78 is 12.9. The summed E-state index contributed by atoms with van der Waals surface area (Å²) in [6.07, 6.45) is 6.89.